The number of carboxylic acids is 1. The zero-order chi connectivity index (χ0) is 19.8. The molecule has 1 unspecified atom stereocenters. The van der Waals surface area contributed by atoms with Crippen LogP contribution in [0.25, 0.3) is 5.57 Å². The van der Waals surface area contributed by atoms with Crippen LogP contribution in [0.4, 0.5) is 0 Å². The molecule has 0 saturated heterocycles. The molecule has 1 atom stereocenters. The van der Waals surface area contributed by atoms with Gasteiger partial charge in [-0.3, -0.25) is 0 Å². The number of benzene rings is 2. The average molecular weight is 498 g/mol. The zero-order valence-corrected chi connectivity index (χ0v) is 18.4. The third-order valence-electron chi connectivity index (χ3n) is 3.95. The van der Waals surface area contributed by atoms with E-state index in [1.165, 1.54) is 0 Å². The summed E-state index contributed by atoms with van der Waals surface area (Å²) in [4.78, 5) is 11.2. The zero-order valence-electron chi connectivity index (χ0n) is 15.2. The van der Waals surface area contributed by atoms with Gasteiger partial charge in [-0.05, 0) is 67.0 Å². The van der Waals surface area contributed by atoms with Gasteiger partial charge in [-0.1, -0.05) is 44.0 Å². The molecule has 2 rings (SSSR count). The Morgan fingerprint density at radius 2 is 1.78 bits per heavy atom. The Hall–Kier alpha value is -1.63. The predicted octanol–water partition coefficient (Wildman–Crippen LogP) is 5.73. The van der Waals surface area contributed by atoms with E-state index in [0.717, 1.165) is 31.4 Å². The van der Waals surface area contributed by atoms with Crippen molar-refractivity contribution >= 4 is 43.4 Å². The number of aliphatic carboxylic acids is 1. The van der Waals surface area contributed by atoms with E-state index >= 15 is 0 Å². The molecule has 0 aliphatic heterocycles. The monoisotopic (exact) mass is 496 g/mol. The fourth-order valence-electron chi connectivity index (χ4n) is 2.52. The molecule has 1 N–H and O–H groups in total. The molecule has 0 heterocycles. The number of rotatable bonds is 9. The van der Waals surface area contributed by atoms with Gasteiger partial charge in [0.05, 0.1) is 0 Å². The second-order valence-electron chi connectivity index (χ2n) is 5.99. The minimum Gasteiger partial charge on any atom is -0.490 e. The van der Waals surface area contributed by atoms with E-state index in [2.05, 4.69) is 44.0 Å². The highest BCUT2D eigenvalue weighted by molar-refractivity contribution is 9.11. The molecule has 0 fully saturated rings. The van der Waals surface area contributed by atoms with Crippen LogP contribution in [-0.4, -0.2) is 30.4 Å². The fraction of sp³-hybridized carbons (Fsp3) is 0.286. The SMILES string of the molecule is CCOC(Cc1ccc(OC/C=C(\C)c2cc(Br)cc(Br)c2)cc1)C(=O)O. The van der Waals surface area contributed by atoms with Crippen molar-refractivity contribution in [1.29, 1.82) is 0 Å². The summed E-state index contributed by atoms with van der Waals surface area (Å²) in [7, 11) is 0. The molecule has 2 aromatic carbocycles. The summed E-state index contributed by atoms with van der Waals surface area (Å²) in [6.45, 7) is 4.65. The normalized spacial score (nSPS) is 12.7. The van der Waals surface area contributed by atoms with Crippen LogP contribution >= 0.6 is 31.9 Å². The van der Waals surface area contributed by atoms with Gasteiger partial charge in [0, 0.05) is 22.0 Å². The van der Waals surface area contributed by atoms with Gasteiger partial charge >= 0.3 is 5.97 Å². The largest absolute Gasteiger partial charge is 0.490 e. The van der Waals surface area contributed by atoms with Crippen molar-refractivity contribution in [2.24, 2.45) is 0 Å². The van der Waals surface area contributed by atoms with Crippen LogP contribution in [0.15, 0.2) is 57.5 Å². The minimum absolute atomic E-state index is 0.334. The van der Waals surface area contributed by atoms with E-state index in [1.807, 2.05) is 43.3 Å². The Balaban J connectivity index is 1.93. The van der Waals surface area contributed by atoms with Crippen LogP contribution in [0.5, 0.6) is 5.75 Å². The molecule has 6 heteroatoms. The standard InChI is InChI=1S/C21H22Br2O4/c1-3-26-20(21(24)25)10-15-4-6-19(7-5-15)27-9-8-14(2)16-11-17(22)13-18(23)12-16/h4-8,11-13,20H,3,9-10H2,1-2H3,(H,24,25)/b14-8+. The van der Waals surface area contributed by atoms with Gasteiger partial charge in [-0.2, -0.15) is 0 Å². The van der Waals surface area contributed by atoms with Gasteiger partial charge in [0.25, 0.3) is 0 Å². The summed E-state index contributed by atoms with van der Waals surface area (Å²) in [5, 5.41) is 9.15. The van der Waals surface area contributed by atoms with Crippen LogP contribution in [-0.2, 0) is 16.0 Å². The summed E-state index contributed by atoms with van der Waals surface area (Å²) in [5.41, 5.74) is 3.13. The van der Waals surface area contributed by atoms with E-state index in [9.17, 15) is 4.79 Å². The van der Waals surface area contributed by atoms with Crippen molar-refractivity contribution in [2.45, 2.75) is 26.4 Å². The van der Waals surface area contributed by atoms with E-state index in [0.29, 0.717) is 19.6 Å². The van der Waals surface area contributed by atoms with Gasteiger partial charge in [-0.15, -0.1) is 0 Å². The molecule has 0 spiro atoms. The van der Waals surface area contributed by atoms with Gasteiger partial charge in [0.2, 0.25) is 0 Å². The molecule has 0 radical (unpaired) electrons. The van der Waals surface area contributed by atoms with Crippen molar-refractivity contribution in [3.63, 3.8) is 0 Å². The van der Waals surface area contributed by atoms with Crippen LogP contribution < -0.4 is 4.74 Å². The average Bonchev–Trinajstić information content (AvgIpc) is 2.61. The highest BCUT2D eigenvalue weighted by Crippen LogP contribution is 2.24. The lowest BCUT2D eigenvalue weighted by atomic mass is 10.1. The topological polar surface area (TPSA) is 55.8 Å². The maximum atomic E-state index is 11.2. The maximum Gasteiger partial charge on any atom is 0.333 e. The predicted molar refractivity (Wildman–Crippen MR) is 114 cm³/mol. The van der Waals surface area contributed by atoms with Crippen molar-refractivity contribution in [3.8, 4) is 5.75 Å². The maximum absolute atomic E-state index is 11.2. The quantitative estimate of drug-likeness (QED) is 0.480. The molecule has 144 valence electrons. The second kappa shape index (κ2) is 10.6. The van der Waals surface area contributed by atoms with Crippen LogP contribution in [0.3, 0.4) is 0 Å². The van der Waals surface area contributed by atoms with Gasteiger partial charge < -0.3 is 14.6 Å². The van der Waals surface area contributed by atoms with Crippen molar-refractivity contribution in [2.75, 3.05) is 13.2 Å². The number of hydrogen-bond donors (Lipinski definition) is 1. The Labute approximate surface area is 176 Å². The number of carboxylic acid groups (broad SMARTS) is 1. The third kappa shape index (κ3) is 7.13. The molecular weight excluding hydrogens is 476 g/mol. The fourth-order valence-corrected chi connectivity index (χ4v) is 3.81. The second-order valence-corrected chi connectivity index (χ2v) is 7.82. The highest BCUT2D eigenvalue weighted by Gasteiger charge is 2.17. The molecule has 0 saturated carbocycles. The van der Waals surface area contributed by atoms with Crippen LogP contribution in [0.2, 0.25) is 0 Å². The Kier molecular flexibility index (Phi) is 8.54. The summed E-state index contributed by atoms with van der Waals surface area (Å²) < 4.78 is 13.0. The van der Waals surface area contributed by atoms with E-state index in [-0.39, 0.29) is 0 Å². The molecule has 0 bridgehead atoms. The molecule has 0 aliphatic rings. The van der Waals surface area contributed by atoms with Gasteiger partial charge in [0.1, 0.15) is 12.4 Å². The van der Waals surface area contributed by atoms with Crippen LogP contribution in [0.1, 0.15) is 25.0 Å². The third-order valence-corrected chi connectivity index (χ3v) is 4.86. The summed E-state index contributed by atoms with van der Waals surface area (Å²) in [5.74, 6) is -0.210. The lowest BCUT2D eigenvalue weighted by molar-refractivity contribution is -0.149. The number of ether oxygens (including phenoxy) is 2. The Morgan fingerprint density at radius 1 is 1.15 bits per heavy atom. The summed E-state index contributed by atoms with van der Waals surface area (Å²) in [6, 6.07) is 13.5. The van der Waals surface area contributed by atoms with Crippen molar-refractivity contribution < 1.29 is 19.4 Å². The first-order valence-electron chi connectivity index (χ1n) is 8.58. The molecular formula is C21H22Br2O4. The van der Waals surface area contributed by atoms with Gasteiger partial charge in [-0.25, -0.2) is 4.79 Å². The lowest BCUT2D eigenvalue weighted by Gasteiger charge is -2.12. The summed E-state index contributed by atoms with van der Waals surface area (Å²) in [6.07, 6.45) is 1.54. The molecule has 2 aromatic rings. The Morgan fingerprint density at radius 3 is 2.33 bits per heavy atom. The smallest absolute Gasteiger partial charge is 0.333 e. The van der Waals surface area contributed by atoms with E-state index in [1.54, 1.807) is 6.92 Å². The van der Waals surface area contributed by atoms with E-state index in [4.69, 9.17) is 14.6 Å². The number of allylic oxidation sites excluding steroid dienone is 1. The first-order valence-corrected chi connectivity index (χ1v) is 10.2. The van der Waals surface area contributed by atoms with Crippen molar-refractivity contribution in [1.82, 2.24) is 0 Å². The van der Waals surface area contributed by atoms with Gasteiger partial charge in [0.15, 0.2) is 6.10 Å². The molecule has 0 amide bonds. The van der Waals surface area contributed by atoms with Crippen LogP contribution in [0, 0.1) is 0 Å². The molecule has 0 aromatic heterocycles. The highest BCUT2D eigenvalue weighted by atomic mass is 79.9. The molecule has 0 aliphatic carbocycles. The number of carbonyl (C=O) groups is 1. The number of hydrogen-bond acceptors (Lipinski definition) is 3. The minimum atomic E-state index is -0.947. The molecule has 27 heavy (non-hydrogen) atoms. The van der Waals surface area contributed by atoms with E-state index < -0.39 is 12.1 Å². The van der Waals surface area contributed by atoms with Crippen molar-refractivity contribution in [3.05, 3.63) is 68.6 Å². The Bertz CT molecular complexity index is 780. The summed E-state index contributed by atoms with van der Waals surface area (Å²) >= 11 is 6.99. The first-order chi connectivity index (χ1) is 12.9. The molecule has 4 nitrogen and oxygen atoms in total. The lowest BCUT2D eigenvalue weighted by Crippen LogP contribution is -2.26. The number of halogens is 2. The first kappa shape index (κ1) is 21.7.